The van der Waals surface area contributed by atoms with Crippen LogP contribution in [0.1, 0.15) is 10.5 Å². The number of ether oxygens (including phenoxy) is 1. The Morgan fingerprint density at radius 3 is 2.50 bits per heavy atom. The molecule has 0 saturated heterocycles. The Bertz CT molecular complexity index is 1140. The first-order valence-electron chi connectivity index (χ1n) is 8.74. The molecular weight excluding hydrogens is 403 g/mol. The molecule has 3 aromatic rings. The molecule has 0 atom stereocenters. The van der Waals surface area contributed by atoms with E-state index in [2.05, 4.69) is 20.1 Å². The summed E-state index contributed by atoms with van der Waals surface area (Å²) in [5.74, 6) is -3.24. The van der Waals surface area contributed by atoms with Crippen LogP contribution in [0.15, 0.2) is 42.5 Å². The Morgan fingerprint density at radius 2 is 1.83 bits per heavy atom. The average molecular weight is 417 g/mol. The lowest BCUT2D eigenvalue weighted by molar-refractivity contribution is -0.189. The number of hydrogen-bond donors (Lipinski definition) is 2. The second kappa shape index (κ2) is 7.17. The molecule has 8 nitrogen and oxygen atoms in total. The fourth-order valence-corrected chi connectivity index (χ4v) is 2.94. The van der Waals surface area contributed by atoms with Crippen LogP contribution in [0.4, 0.5) is 18.9 Å². The first-order chi connectivity index (χ1) is 14.2. The van der Waals surface area contributed by atoms with E-state index in [1.165, 1.54) is 10.7 Å². The van der Waals surface area contributed by atoms with Crippen molar-refractivity contribution >= 4 is 17.6 Å². The average Bonchev–Trinajstić information content (AvgIpc) is 3.13. The number of rotatable bonds is 3. The molecule has 3 N–H and O–H groups in total. The highest BCUT2D eigenvalue weighted by molar-refractivity contribution is 5.94. The largest absolute Gasteiger partial charge is 0.491 e. The standard InChI is InChI=1S/C19H14F3N5O3/c20-19(21,22)18(29)30-16-8-11(7-13(25-16)10-1-3-12(23)4-2-10)14-9-15-17(28)24-5-6-27(15)26-14/h1-4,7-9H,5-6,23H2,(H,24,28). The smallest absolute Gasteiger partial charge is 0.401 e. The minimum absolute atomic E-state index is 0.243. The van der Waals surface area contributed by atoms with E-state index in [1.807, 2.05) is 0 Å². The fraction of sp³-hybridized carbons (Fsp3) is 0.158. The maximum Gasteiger partial charge on any atom is 0.491 e. The van der Waals surface area contributed by atoms with Crippen LogP contribution >= 0.6 is 0 Å². The quantitative estimate of drug-likeness (QED) is 0.500. The van der Waals surface area contributed by atoms with Gasteiger partial charge in [-0.1, -0.05) is 12.1 Å². The number of anilines is 1. The number of aromatic nitrogens is 3. The maximum absolute atomic E-state index is 12.6. The number of nitrogens with zero attached hydrogens (tertiary/aromatic N) is 3. The molecule has 11 heteroatoms. The fourth-order valence-electron chi connectivity index (χ4n) is 2.94. The molecule has 0 aliphatic carbocycles. The molecule has 0 bridgehead atoms. The van der Waals surface area contributed by atoms with Crippen molar-refractivity contribution in [2.45, 2.75) is 12.7 Å². The molecule has 154 valence electrons. The number of carbonyl (C=O) groups excluding carboxylic acids is 2. The second-order valence-electron chi connectivity index (χ2n) is 6.48. The highest BCUT2D eigenvalue weighted by Crippen LogP contribution is 2.30. The van der Waals surface area contributed by atoms with E-state index >= 15 is 0 Å². The molecule has 2 aromatic heterocycles. The van der Waals surface area contributed by atoms with Gasteiger partial charge < -0.3 is 15.8 Å². The Labute approximate surface area is 167 Å². The number of esters is 1. The number of pyridine rings is 1. The van der Waals surface area contributed by atoms with Crippen LogP contribution in [-0.4, -0.2) is 39.4 Å². The van der Waals surface area contributed by atoms with Gasteiger partial charge in [0.2, 0.25) is 5.88 Å². The van der Waals surface area contributed by atoms with Crippen molar-refractivity contribution in [3.63, 3.8) is 0 Å². The number of carbonyl (C=O) groups is 2. The topological polar surface area (TPSA) is 112 Å². The van der Waals surface area contributed by atoms with Gasteiger partial charge >= 0.3 is 12.1 Å². The Balaban J connectivity index is 1.80. The van der Waals surface area contributed by atoms with E-state index in [1.54, 1.807) is 30.3 Å². The van der Waals surface area contributed by atoms with Crippen molar-refractivity contribution in [2.24, 2.45) is 0 Å². The first-order valence-corrected chi connectivity index (χ1v) is 8.74. The monoisotopic (exact) mass is 417 g/mol. The van der Waals surface area contributed by atoms with Gasteiger partial charge in [-0.15, -0.1) is 0 Å². The number of benzene rings is 1. The van der Waals surface area contributed by atoms with Crippen LogP contribution in [0.2, 0.25) is 0 Å². The highest BCUT2D eigenvalue weighted by Gasteiger charge is 2.41. The summed E-state index contributed by atoms with van der Waals surface area (Å²) in [7, 11) is 0. The van der Waals surface area contributed by atoms with Gasteiger partial charge in [-0.2, -0.15) is 18.3 Å². The number of nitrogen functional groups attached to an aromatic ring is 1. The van der Waals surface area contributed by atoms with Crippen molar-refractivity contribution in [2.75, 3.05) is 12.3 Å². The van der Waals surface area contributed by atoms with E-state index in [0.29, 0.717) is 41.3 Å². The van der Waals surface area contributed by atoms with Crippen LogP contribution < -0.4 is 15.8 Å². The van der Waals surface area contributed by atoms with Crippen molar-refractivity contribution in [1.29, 1.82) is 0 Å². The first kappa shape index (κ1) is 19.4. The SMILES string of the molecule is Nc1ccc(-c2cc(-c3cc4n(n3)CCNC4=O)cc(OC(=O)C(F)(F)F)n2)cc1. The zero-order valence-corrected chi connectivity index (χ0v) is 15.2. The van der Waals surface area contributed by atoms with E-state index in [4.69, 9.17) is 5.73 Å². The van der Waals surface area contributed by atoms with Gasteiger partial charge in [-0.05, 0) is 24.3 Å². The number of nitrogens with one attached hydrogen (secondary N) is 1. The number of hydrogen-bond acceptors (Lipinski definition) is 6. The molecule has 4 rings (SSSR count). The zero-order valence-electron chi connectivity index (χ0n) is 15.2. The molecule has 1 aliphatic heterocycles. The third-order valence-electron chi connectivity index (χ3n) is 4.35. The summed E-state index contributed by atoms with van der Waals surface area (Å²) >= 11 is 0. The number of alkyl halides is 3. The second-order valence-corrected chi connectivity index (χ2v) is 6.48. The highest BCUT2D eigenvalue weighted by atomic mass is 19.4. The summed E-state index contributed by atoms with van der Waals surface area (Å²) in [4.78, 5) is 27.3. The minimum atomic E-state index is -5.18. The van der Waals surface area contributed by atoms with Gasteiger partial charge in [0.15, 0.2) is 0 Å². The summed E-state index contributed by atoms with van der Waals surface area (Å²) in [5.41, 5.74) is 7.92. The third-order valence-corrected chi connectivity index (χ3v) is 4.35. The van der Waals surface area contributed by atoms with Crippen molar-refractivity contribution in [3.05, 3.63) is 48.2 Å². The summed E-state index contributed by atoms with van der Waals surface area (Å²) in [6.45, 7) is 0.862. The van der Waals surface area contributed by atoms with Crippen LogP contribution in [0.3, 0.4) is 0 Å². The normalized spacial score (nSPS) is 13.5. The molecular formula is C19H14F3N5O3. The number of fused-ring (bicyclic) bond motifs is 1. The van der Waals surface area contributed by atoms with Gasteiger partial charge in [0.1, 0.15) is 5.69 Å². The lowest BCUT2D eigenvalue weighted by atomic mass is 10.1. The molecule has 3 heterocycles. The predicted octanol–water partition coefficient (Wildman–Crippen LogP) is 2.41. The van der Waals surface area contributed by atoms with Crippen molar-refractivity contribution in [3.8, 4) is 28.4 Å². The van der Waals surface area contributed by atoms with Gasteiger partial charge in [-0.25, -0.2) is 9.78 Å². The lowest BCUT2D eigenvalue weighted by Gasteiger charge is -2.13. The molecule has 30 heavy (non-hydrogen) atoms. The van der Waals surface area contributed by atoms with E-state index in [0.717, 1.165) is 6.07 Å². The summed E-state index contributed by atoms with van der Waals surface area (Å²) in [5, 5.41) is 7.02. The molecule has 1 amide bonds. The molecule has 0 fully saturated rings. The summed E-state index contributed by atoms with van der Waals surface area (Å²) < 4.78 is 43.9. The molecule has 0 saturated carbocycles. The number of nitrogens with two attached hydrogens (primary N) is 1. The molecule has 1 aromatic carbocycles. The maximum atomic E-state index is 12.6. The predicted molar refractivity (Wildman–Crippen MR) is 99.3 cm³/mol. The van der Waals surface area contributed by atoms with Crippen molar-refractivity contribution < 1.29 is 27.5 Å². The minimum Gasteiger partial charge on any atom is -0.401 e. The Kier molecular flexibility index (Phi) is 4.65. The van der Waals surface area contributed by atoms with E-state index in [9.17, 15) is 22.8 Å². The van der Waals surface area contributed by atoms with Gasteiger partial charge in [-0.3, -0.25) is 9.48 Å². The third kappa shape index (κ3) is 3.81. The lowest BCUT2D eigenvalue weighted by Crippen LogP contribution is -2.35. The Hall–Kier alpha value is -3.89. The number of amides is 1. The van der Waals surface area contributed by atoms with Gasteiger partial charge in [0.25, 0.3) is 5.91 Å². The Morgan fingerprint density at radius 1 is 1.10 bits per heavy atom. The molecule has 0 unspecified atom stereocenters. The molecule has 1 aliphatic rings. The zero-order chi connectivity index (χ0) is 21.5. The van der Waals surface area contributed by atoms with Gasteiger partial charge in [0, 0.05) is 29.4 Å². The van der Waals surface area contributed by atoms with E-state index < -0.39 is 18.0 Å². The summed E-state index contributed by atoms with van der Waals surface area (Å²) in [6, 6.07) is 10.7. The van der Waals surface area contributed by atoms with Crippen LogP contribution in [0.5, 0.6) is 5.88 Å². The summed E-state index contributed by atoms with van der Waals surface area (Å²) in [6.07, 6.45) is -5.18. The number of halogens is 3. The van der Waals surface area contributed by atoms with Crippen LogP contribution in [0.25, 0.3) is 22.5 Å². The van der Waals surface area contributed by atoms with Gasteiger partial charge in [0.05, 0.1) is 17.9 Å². The molecule has 0 spiro atoms. The van der Waals surface area contributed by atoms with Crippen LogP contribution in [-0.2, 0) is 11.3 Å². The molecule has 0 radical (unpaired) electrons. The van der Waals surface area contributed by atoms with Crippen molar-refractivity contribution in [1.82, 2.24) is 20.1 Å². The van der Waals surface area contributed by atoms with E-state index in [-0.39, 0.29) is 11.6 Å². The van der Waals surface area contributed by atoms with Crippen LogP contribution in [0, 0.1) is 0 Å².